The molecule has 0 saturated heterocycles. The van der Waals surface area contributed by atoms with Crippen LogP contribution in [0.4, 0.5) is 0 Å². The largest absolute Gasteiger partial charge is 0.328 e. The molecule has 0 unspecified atom stereocenters. The van der Waals surface area contributed by atoms with E-state index in [1.165, 1.54) is 0 Å². The van der Waals surface area contributed by atoms with Crippen LogP contribution in [0, 0.1) is 0 Å². The number of aromatic nitrogens is 2. The van der Waals surface area contributed by atoms with E-state index in [4.69, 9.17) is 0 Å². The summed E-state index contributed by atoms with van der Waals surface area (Å²) in [6.45, 7) is 0. The minimum Gasteiger partial charge on any atom is -0.328 e. The van der Waals surface area contributed by atoms with Crippen LogP contribution in [-0.4, -0.2) is 15.8 Å². The van der Waals surface area contributed by atoms with Crippen LogP contribution < -0.4 is 0 Å². The SMILES string of the molecule is CSc1nc(Br)cn1C. The van der Waals surface area contributed by atoms with E-state index in [2.05, 4.69) is 20.9 Å². The lowest BCUT2D eigenvalue weighted by atomic mass is 10.9. The van der Waals surface area contributed by atoms with Crippen molar-refractivity contribution in [1.29, 1.82) is 0 Å². The molecule has 0 radical (unpaired) electrons. The van der Waals surface area contributed by atoms with E-state index in [1.807, 2.05) is 24.1 Å². The molecule has 0 aliphatic heterocycles. The van der Waals surface area contributed by atoms with E-state index in [1.54, 1.807) is 11.8 Å². The Labute approximate surface area is 66.8 Å². The van der Waals surface area contributed by atoms with Crippen molar-refractivity contribution < 1.29 is 0 Å². The van der Waals surface area contributed by atoms with Crippen LogP contribution in [0.5, 0.6) is 0 Å². The number of hydrogen-bond acceptors (Lipinski definition) is 2. The molecule has 0 aliphatic rings. The number of imidazole rings is 1. The maximum atomic E-state index is 4.17. The van der Waals surface area contributed by atoms with E-state index in [0.717, 1.165) is 9.76 Å². The Morgan fingerprint density at radius 3 is 2.67 bits per heavy atom. The summed E-state index contributed by atoms with van der Waals surface area (Å²) in [6, 6.07) is 0. The van der Waals surface area contributed by atoms with Crippen LogP contribution in [0.2, 0.25) is 0 Å². The molecule has 1 aromatic rings. The van der Waals surface area contributed by atoms with Gasteiger partial charge in [-0.2, -0.15) is 0 Å². The van der Waals surface area contributed by atoms with Gasteiger partial charge < -0.3 is 4.57 Å². The first-order valence-electron chi connectivity index (χ1n) is 2.47. The van der Waals surface area contributed by atoms with Gasteiger partial charge in [-0.3, -0.25) is 0 Å². The zero-order chi connectivity index (χ0) is 6.85. The third-order valence-electron chi connectivity index (χ3n) is 0.987. The lowest BCUT2D eigenvalue weighted by Gasteiger charge is -1.91. The Balaban J connectivity index is 3.01. The van der Waals surface area contributed by atoms with Gasteiger partial charge in [-0.1, -0.05) is 11.8 Å². The van der Waals surface area contributed by atoms with Crippen molar-refractivity contribution in [1.82, 2.24) is 9.55 Å². The van der Waals surface area contributed by atoms with Gasteiger partial charge in [0.05, 0.1) is 0 Å². The molecular formula is C5H7BrN2S. The van der Waals surface area contributed by atoms with Crippen molar-refractivity contribution >= 4 is 27.7 Å². The minimum absolute atomic E-state index is 0.898. The van der Waals surface area contributed by atoms with Crippen molar-refractivity contribution in [2.45, 2.75) is 5.16 Å². The predicted octanol–water partition coefficient (Wildman–Crippen LogP) is 1.90. The summed E-state index contributed by atoms with van der Waals surface area (Å²) in [4.78, 5) is 4.17. The van der Waals surface area contributed by atoms with Gasteiger partial charge in [-0.25, -0.2) is 4.98 Å². The molecule has 2 nitrogen and oxygen atoms in total. The van der Waals surface area contributed by atoms with Gasteiger partial charge in [0.15, 0.2) is 5.16 Å². The summed E-state index contributed by atoms with van der Waals surface area (Å²) in [5, 5.41) is 1.03. The molecule has 50 valence electrons. The summed E-state index contributed by atoms with van der Waals surface area (Å²) >= 11 is 4.92. The second-order valence-electron chi connectivity index (χ2n) is 1.66. The Bertz CT molecular complexity index is 209. The first-order valence-corrected chi connectivity index (χ1v) is 4.48. The quantitative estimate of drug-likeness (QED) is 0.654. The topological polar surface area (TPSA) is 17.8 Å². The van der Waals surface area contributed by atoms with Gasteiger partial charge in [-0.05, 0) is 22.2 Å². The number of nitrogens with zero attached hydrogens (tertiary/aromatic N) is 2. The van der Waals surface area contributed by atoms with Gasteiger partial charge >= 0.3 is 0 Å². The second kappa shape index (κ2) is 2.75. The molecule has 0 N–H and O–H groups in total. The van der Waals surface area contributed by atoms with Crippen LogP contribution in [0.1, 0.15) is 0 Å². The summed E-state index contributed by atoms with van der Waals surface area (Å²) in [5.74, 6) is 0. The third kappa shape index (κ3) is 1.49. The highest BCUT2D eigenvalue weighted by Crippen LogP contribution is 2.15. The highest BCUT2D eigenvalue weighted by Gasteiger charge is 1.98. The predicted molar refractivity (Wildman–Crippen MR) is 42.7 cm³/mol. The monoisotopic (exact) mass is 206 g/mol. The summed E-state index contributed by atoms with van der Waals surface area (Å²) < 4.78 is 2.88. The lowest BCUT2D eigenvalue weighted by Crippen LogP contribution is -1.85. The van der Waals surface area contributed by atoms with E-state index >= 15 is 0 Å². The molecule has 0 bridgehead atoms. The van der Waals surface area contributed by atoms with E-state index < -0.39 is 0 Å². The fourth-order valence-corrected chi connectivity index (χ4v) is 1.73. The molecule has 1 rings (SSSR count). The number of halogens is 1. The van der Waals surface area contributed by atoms with Crippen molar-refractivity contribution in [2.24, 2.45) is 7.05 Å². The first kappa shape index (κ1) is 7.15. The average molecular weight is 207 g/mol. The maximum absolute atomic E-state index is 4.17. The Kier molecular flexibility index (Phi) is 2.18. The first-order chi connectivity index (χ1) is 4.24. The van der Waals surface area contributed by atoms with Crippen molar-refractivity contribution in [2.75, 3.05) is 6.26 Å². The normalized spacial score (nSPS) is 10.1. The van der Waals surface area contributed by atoms with E-state index in [-0.39, 0.29) is 0 Å². The molecular weight excluding hydrogens is 200 g/mol. The standard InChI is InChI=1S/C5H7BrN2S/c1-8-3-4(6)7-5(8)9-2/h3H,1-2H3. The highest BCUT2D eigenvalue weighted by atomic mass is 79.9. The molecule has 1 heterocycles. The van der Waals surface area contributed by atoms with E-state index in [9.17, 15) is 0 Å². The fraction of sp³-hybridized carbons (Fsp3) is 0.400. The molecule has 0 saturated carbocycles. The number of hydrogen-bond donors (Lipinski definition) is 0. The molecule has 4 heteroatoms. The summed E-state index contributed by atoms with van der Waals surface area (Å²) in [6.07, 6.45) is 3.95. The smallest absolute Gasteiger partial charge is 0.168 e. The third-order valence-corrected chi connectivity index (χ3v) is 2.11. The maximum Gasteiger partial charge on any atom is 0.168 e. The van der Waals surface area contributed by atoms with Crippen LogP contribution in [0.25, 0.3) is 0 Å². The van der Waals surface area contributed by atoms with Gasteiger partial charge in [-0.15, -0.1) is 0 Å². The molecule has 0 fully saturated rings. The highest BCUT2D eigenvalue weighted by molar-refractivity contribution is 9.10. The average Bonchev–Trinajstić information content (AvgIpc) is 2.10. The Morgan fingerprint density at radius 1 is 1.78 bits per heavy atom. The van der Waals surface area contributed by atoms with Crippen LogP contribution in [0.3, 0.4) is 0 Å². The minimum atomic E-state index is 0.898. The Hall–Kier alpha value is 0.0400. The molecule has 9 heavy (non-hydrogen) atoms. The van der Waals surface area contributed by atoms with Gasteiger partial charge in [0.2, 0.25) is 0 Å². The van der Waals surface area contributed by atoms with Crippen molar-refractivity contribution in [3.63, 3.8) is 0 Å². The number of aryl methyl sites for hydroxylation is 1. The zero-order valence-corrected chi connectivity index (χ0v) is 7.66. The molecule has 0 atom stereocenters. The number of thioether (sulfide) groups is 1. The summed E-state index contributed by atoms with van der Waals surface area (Å²) in [7, 11) is 1.98. The molecule has 1 aromatic heterocycles. The summed E-state index contributed by atoms with van der Waals surface area (Å²) in [5.41, 5.74) is 0. The van der Waals surface area contributed by atoms with Gasteiger partial charge in [0.25, 0.3) is 0 Å². The lowest BCUT2D eigenvalue weighted by molar-refractivity contribution is 0.791. The fourth-order valence-electron chi connectivity index (χ4n) is 0.604. The van der Waals surface area contributed by atoms with Crippen molar-refractivity contribution in [3.8, 4) is 0 Å². The van der Waals surface area contributed by atoms with Crippen LogP contribution >= 0.6 is 27.7 Å². The zero-order valence-electron chi connectivity index (χ0n) is 5.26. The molecule has 0 aliphatic carbocycles. The number of rotatable bonds is 1. The van der Waals surface area contributed by atoms with Gasteiger partial charge in [0.1, 0.15) is 4.60 Å². The van der Waals surface area contributed by atoms with Crippen molar-refractivity contribution in [3.05, 3.63) is 10.8 Å². The molecule has 0 aromatic carbocycles. The Morgan fingerprint density at radius 2 is 2.44 bits per heavy atom. The van der Waals surface area contributed by atoms with Crippen LogP contribution in [-0.2, 0) is 7.05 Å². The van der Waals surface area contributed by atoms with E-state index in [0.29, 0.717) is 0 Å². The second-order valence-corrected chi connectivity index (χ2v) is 3.25. The van der Waals surface area contributed by atoms with Crippen LogP contribution in [0.15, 0.2) is 16.0 Å². The molecule has 0 amide bonds. The van der Waals surface area contributed by atoms with Gasteiger partial charge in [0, 0.05) is 13.2 Å². The molecule has 0 spiro atoms.